The lowest BCUT2D eigenvalue weighted by Gasteiger charge is -2.12. The first kappa shape index (κ1) is 25.7. The van der Waals surface area contributed by atoms with E-state index in [4.69, 9.17) is 0 Å². The molecule has 0 unspecified atom stereocenters. The third-order valence-electron chi connectivity index (χ3n) is 4.78. The number of benzene rings is 2. The molecule has 2 aromatic heterocycles. The highest BCUT2D eigenvalue weighted by Crippen LogP contribution is 2.22. The summed E-state index contributed by atoms with van der Waals surface area (Å²) < 4.78 is 0. The van der Waals surface area contributed by atoms with E-state index in [-0.39, 0.29) is 17.4 Å². The minimum atomic E-state index is -0.486. The zero-order valence-corrected chi connectivity index (χ0v) is 21.3. The molecule has 0 bridgehead atoms. The Balaban J connectivity index is 1.39. The van der Waals surface area contributed by atoms with Crippen molar-refractivity contribution in [2.24, 2.45) is 0 Å². The topological polar surface area (TPSA) is 126 Å². The van der Waals surface area contributed by atoms with Crippen LogP contribution in [-0.4, -0.2) is 38.7 Å². The van der Waals surface area contributed by atoms with Crippen LogP contribution in [0.25, 0.3) is 6.08 Å². The molecule has 2 aromatic carbocycles. The average Bonchev–Trinajstić information content (AvgIpc) is 3.33. The van der Waals surface area contributed by atoms with Gasteiger partial charge in [-0.25, -0.2) is 0 Å². The van der Waals surface area contributed by atoms with E-state index in [1.807, 2.05) is 13.0 Å². The van der Waals surface area contributed by atoms with Crippen molar-refractivity contribution in [1.82, 2.24) is 20.5 Å². The molecule has 4 aromatic rings. The number of carbonyl (C=O) groups excluding carboxylic acids is 3. The molecule has 3 amide bonds. The van der Waals surface area contributed by atoms with Crippen LogP contribution in [-0.2, 0) is 9.59 Å². The van der Waals surface area contributed by atoms with Gasteiger partial charge in [0, 0.05) is 28.5 Å². The summed E-state index contributed by atoms with van der Waals surface area (Å²) in [5, 5.41) is 17.2. The van der Waals surface area contributed by atoms with E-state index in [0.29, 0.717) is 21.9 Å². The molecule has 3 N–H and O–H groups in total. The van der Waals surface area contributed by atoms with Gasteiger partial charge in [-0.15, -0.1) is 22.0 Å². The van der Waals surface area contributed by atoms with Crippen molar-refractivity contribution < 1.29 is 14.4 Å². The van der Waals surface area contributed by atoms with Gasteiger partial charge in [-0.3, -0.25) is 24.7 Å². The normalized spacial score (nSPS) is 11.0. The van der Waals surface area contributed by atoms with Crippen molar-refractivity contribution in [3.05, 3.63) is 101 Å². The fraction of sp³-hybridized carbons (Fsp3) is 0.0769. The van der Waals surface area contributed by atoms with Gasteiger partial charge in [-0.2, -0.15) is 0 Å². The summed E-state index contributed by atoms with van der Waals surface area (Å²) in [7, 11) is 0. The molecule has 0 atom stereocenters. The molecular formula is C26H22N6O3S2. The number of carbonyl (C=O) groups is 3. The van der Waals surface area contributed by atoms with Gasteiger partial charge in [0.2, 0.25) is 11.0 Å². The van der Waals surface area contributed by atoms with Crippen molar-refractivity contribution in [2.45, 2.75) is 11.8 Å². The highest BCUT2D eigenvalue weighted by Gasteiger charge is 2.15. The molecule has 0 aliphatic rings. The molecule has 186 valence electrons. The second kappa shape index (κ2) is 12.6. The first-order valence-electron chi connectivity index (χ1n) is 11.1. The quantitative estimate of drug-likeness (QED) is 0.217. The molecule has 0 aliphatic heterocycles. The standard InChI is InChI=1S/C26H22N6O3S2/c1-17-31-32-26(37-17)30-23(33)16-36-21-11-9-20(10-12-21)28-25(35)22(14-18-6-5-13-27-15-18)29-24(34)19-7-3-2-4-8-19/h2-15H,16H2,1H3,(H,28,35)(H,29,34)(H,30,32,33)/b22-14-. The van der Waals surface area contributed by atoms with E-state index in [1.165, 1.54) is 23.1 Å². The van der Waals surface area contributed by atoms with Crippen molar-refractivity contribution in [3.63, 3.8) is 0 Å². The smallest absolute Gasteiger partial charge is 0.272 e. The number of rotatable bonds is 9. The zero-order valence-electron chi connectivity index (χ0n) is 19.7. The first-order valence-corrected chi connectivity index (χ1v) is 12.9. The SMILES string of the molecule is Cc1nnc(NC(=O)CSc2ccc(NC(=O)/C(=C/c3cccnc3)NC(=O)c3ccccc3)cc2)s1. The number of pyridine rings is 1. The highest BCUT2D eigenvalue weighted by molar-refractivity contribution is 8.00. The van der Waals surface area contributed by atoms with Crippen LogP contribution >= 0.6 is 23.1 Å². The van der Waals surface area contributed by atoms with E-state index >= 15 is 0 Å². The third-order valence-corrected chi connectivity index (χ3v) is 6.54. The largest absolute Gasteiger partial charge is 0.321 e. The molecule has 37 heavy (non-hydrogen) atoms. The maximum atomic E-state index is 13.1. The van der Waals surface area contributed by atoms with Crippen molar-refractivity contribution >= 4 is 57.7 Å². The van der Waals surface area contributed by atoms with Gasteiger partial charge in [0.15, 0.2) is 0 Å². The van der Waals surface area contributed by atoms with Gasteiger partial charge in [-0.1, -0.05) is 35.6 Å². The zero-order chi connectivity index (χ0) is 26.0. The first-order chi connectivity index (χ1) is 18.0. The Kier molecular flexibility index (Phi) is 8.74. The number of aryl methyl sites for hydroxylation is 1. The van der Waals surface area contributed by atoms with E-state index in [9.17, 15) is 14.4 Å². The molecule has 0 spiro atoms. The maximum Gasteiger partial charge on any atom is 0.272 e. The third kappa shape index (κ3) is 7.82. The lowest BCUT2D eigenvalue weighted by Crippen LogP contribution is -2.30. The molecule has 0 fully saturated rings. The summed E-state index contributed by atoms with van der Waals surface area (Å²) in [4.78, 5) is 42.8. The monoisotopic (exact) mass is 530 g/mol. The van der Waals surface area contributed by atoms with Crippen LogP contribution in [0.15, 0.2) is 89.7 Å². The lowest BCUT2D eigenvalue weighted by atomic mass is 10.2. The summed E-state index contributed by atoms with van der Waals surface area (Å²) in [6, 6.07) is 19.2. The number of aromatic nitrogens is 3. The molecule has 0 radical (unpaired) electrons. The summed E-state index contributed by atoms with van der Waals surface area (Å²) in [5.41, 5.74) is 1.70. The van der Waals surface area contributed by atoms with Crippen LogP contribution in [0.2, 0.25) is 0 Å². The second-order valence-electron chi connectivity index (χ2n) is 7.61. The van der Waals surface area contributed by atoms with Crippen molar-refractivity contribution in [1.29, 1.82) is 0 Å². The average molecular weight is 531 g/mol. The number of hydrogen-bond donors (Lipinski definition) is 3. The summed E-state index contributed by atoms with van der Waals surface area (Å²) in [6.45, 7) is 1.82. The number of amides is 3. The molecule has 4 rings (SSSR count). The minimum absolute atomic E-state index is 0.0730. The number of hydrogen-bond acceptors (Lipinski definition) is 8. The van der Waals surface area contributed by atoms with Gasteiger partial charge >= 0.3 is 0 Å². The Bertz CT molecular complexity index is 1410. The van der Waals surface area contributed by atoms with Crippen LogP contribution in [0.3, 0.4) is 0 Å². The minimum Gasteiger partial charge on any atom is -0.321 e. The van der Waals surface area contributed by atoms with E-state index in [2.05, 4.69) is 31.1 Å². The van der Waals surface area contributed by atoms with Gasteiger partial charge < -0.3 is 10.6 Å². The molecule has 2 heterocycles. The Hall–Kier alpha value is -4.35. The fourth-order valence-corrected chi connectivity index (χ4v) is 4.36. The van der Waals surface area contributed by atoms with Crippen LogP contribution < -0.4 is 16.0 Å². The molecule has 0 aliphatic carbocycles. The fourth-order valence-electron chi connectivity index (χ4n) is 3.05. The van der Waals surface area contributed by atoms with E-state index in [0.717, 1.165) is 9.90 Å². The predicted octanol–water partition coefficient (Wildman–Crippen LogP) is 4.38. The highest BCUT2D eigenvalue weighted by atomic mass is 32.2. The van der Waals surface area contributed by atoms with Gasteiger partial charge in [-0.05, 0) is 61.0 Å². The molecular weight excluding hydrogens is 508 g/mol. The maximum absolute atomic E-state index is 13.1. The van der Waals surface area contributed by atoms with Crippen LogP contribution in [0, 0.1) is 6.92 Å². The summed E-state index contributed by atoms with van der Waals surface area (Å²) in [5.74, 6) is -0.869. The second-order valence-corrected chi connectivity index (χ2v) is 9.84. The number of thioether (sulfide) groups is 1. The number of anilines is 2. The van der Waals surface area contributed by atoms with Crippen LogP contribution in [0.5, 0.6) is 0 Å². The number of nitrogens with zero attached hydrogens (tertiary/aromatic N) is 3. The number of nitrogens with one attached hydrogen (secondary N) is 3. The predicted molar refractivity (Wildman–Crippen MR) is 145 cm³/mol. The Morgan fingerprint density at radius 1 is 0.946 bits per heavy atom. The van der Waals surface area contributed by atoms with E-state index < -0.39 is 11.8 Å². The summed E-state index contributed by atoms with van der Waals surface area (Å²) in [6.07, 6.45) is 4.78. The Morgan fingerprint density at radius 2 is 1.73 bits per heavy atom. The van der Waals surface area contributed by atoms with Gasteiger partial charge in [0.05, 0.1) is 5.75 Å². The van der Waals surface area contributed by atoms with E-state index in [1.54, 1.807) is 79.1 Å². The van der Waals surface area contributed by atoms with Gasteiger partial charge in [0.25, 0.3) is 11.8 Å². The lowest BCUT2D eigenvalue weighted by molar-refractivity contribution is -0.114. The Morgan fingerprint density at radius 3 is 2.41 bits per heavy atom. The molecule has 0 saturated carbocycles. The van der Waals surface area contributed by atoms with Crippen molar-refractivity contribution in [2.75, 3.05) is 16.4 Å². The molecule has 9 nitrogen and oxygen atoms in total. The van der Waals surface area contributed by atoms with Crippen molar-refractivity contribution in [3.8, 4) is 0 Å². The van der Waals surface area contributed by atoms with Crippen LogP contribution in [0.1, 0.15) is 20.9 Å². The Labute approximate surface area is 221 Å². The van der Waals surface area contributed by atoms with Crippen LogP contribution in [0.4, 0.5) is 10.8 Å². The summed E-state index contributed by atoms with van der Waals surface area (Å²) >= 11 is 2.66. The molecule has 0 saturated heterocycles. The van der Waals surface area contributed by atoms with Gasteiger partial charge in [0.1, 0.15) is 10.7 Å². The molecule has 11 heteroatoms.